The molecule has 0 aliphatic carbocycles. The van der Waals surface area contributed by atoms with E-state index in [2.05, 4.69) is 12.7 Å². The standard InChI is InChI=1S/C3H6O.CH3NO2/c1-3-2-4-3;2-1(3)4/h3H,2H2,1H3;2H2,(H,3,4). The third-order valence-corrected chi connectivity index (χ3v) is 0.500. The van der Waals surface area contributed by atoms with Crippen molar-refractivity contribution in [2.45, 2.75) is 13.0 Å². The fourth-order valence-electron chi connectivity index (χ4n) is 0.0962. The van der Waals surface area contributed by atoms with E-state index < -0.39 is 6.09 Å². The van der Waals surface area contributed by atoms with Crippen LogP contribution in [0.1, 0.15) is 6.92 Å². The molecule has 1 unspecified atom stereocenters. The summed E-state index contributed by atoms with van der Waals surface area (Å²) < 4.78 is 4.71. The molecule has 0 saturated carbocycles. The molecular formula is C4H9NO3. The molecule has 0 bridgehead atoms. The van der Waals surface area contributed by atoms with Gasteiger partial charge in [-0.05, 0) is 6.92 Å². The second kappa shape index (κ2) is 3.26. The van der Waals surface area contributed by atoms with E-state index in [4.69, 9.17) is 14.6 Å². The molecule has 3 N–H and O–H groups in total. The lowest BCUT2D eigenvalue weighted by molar-refractivity contribution is 0.205. The van der Waals surface area contributed by atoms with E-state index in [9.17, 15) is 0 Å². The minimum atomic E-state index is -1.33. The van der Waals surface area contributed by atoms with E-state index in [1.54, 1.807) is 0 Å². The number of amides is 1. The van der Waals surface area contributed by atoms with Crippen LogP contribution in [-0.4, -0.2) is 23.9 Å². The zero-order valence-electron chi connectivity index (χ0n) is 4.63. The van der Waals surface area contributed by atoms with Crippen LogP contribution in [0.5, 0.6) is 0 Å². The van der Waals surface area contributed by atoms with Crippen molar-refractivity contribution in [2.75, 3.05) is 6.61 Å². The lowest BCUT2D eigenvalue weighted by Crippen LogP contribution is -2.03. The summed E-state index contributed by atoms with van der Waals surface area (Å²) in [6.45, 7) is 3.04. The normalized spacial score (nSPS) is 22.9. The third kappa shape index (κ3) is 18.8. The van der Waals surface area contributed by atoms with Gasteiger partial charge in [0.15, 0.2) is 0 Å². The van der Waals surface area contributed by atoms with Crippen LogP contribution in [0.2, 0.25) is 0 Å². The van der Waals surface area contributed by atoms with Crippen LogP contribution in [0.15, 0.2) is 0 Å². The van der Waals surface area contributed by atoms with Gasteiger partial charge in [0, 0.05) is 0 Å². The molecule has 1 atom stereocenters. The monoisotopic (exact) mass is 119 g/mol. The second-order valence-electron chi connectivity index (χ2n) is 1.48. The van der Waals surface area contributed by atoms with Gasteiger partial charge in [0.1, 0.15) is 0 Å². The first kappa shape index (κ1) is 7.23. The van der Waals surface area contributed by atoms with Crippen molar-refractivity contribution >= 4 is 6.09 Å². The van der Waals surface area contributed by atoms with Gasteiger partial charge in [-0.2, -0.15) is 0 Å². The minimum Gasteiger partial charge on any atom is -0.465 e. The third-order valence-electron chi connectivity index (χ3n) is 0.500. The maximum atomic E-state index is 8.78. The summed E-state index contributed by atoms with van der Waals surface area (Å²) in [6, 6.07) is 0. The lowest BCUT2D eigenvalue weighted by Gasteiger charge is -1.61. The second-order valence-corrected chi connectivity index (χ2v) is 1.48. The Kier molecular flexibility index (Phi) is 2.95. The van der Waals surface area contributed by atoms with E-state index in [1.807, 2.05) is 0 Å². The highest BCUT2D eigenvalue weighted by molar-refractivity contribution is 5.61. The van der Waals surface area contributed by atoms with Crippen LogP contribution in [0, 0.1) is 0 Å². The smallest absolute Gasteiger partial charge is 0.402 e. The van der Waals surface area contributed by atoms with Crippen molar-refractivity contribution in [3.8, 4) is 0 Å². The van der Waals surface area contributed by atoms with E-state index in [1.165, 1.54) is 0 Å². The number of nitrogens with two attached hydrogens (primary N) is 1. The molecule has 1 rings (SSSR count). The summed E-state index contributed by atoms with van der Waals surface area (Å²) in [5.74, 6) is 0. The Labute approximate surface area is 47.2 Å². The van der Waals surface area contributed by atoms with Crippen LogP contribution in [0.4, 0.5) is 4.79 Å². The van der Waals surface area contributed by atoms with Gasteiger partial charge >= 0.3 is 6.09 Å². The van der Waals surface area contributed by atoms with Crippen LogP contribution >= 0.6 is 0 Å². The largest absolute Gasteiger partial charge is 0.465 e. The Morgan fingerprint density at radius 1 is 2.00 bits per heavy atom. The fourth-order valence-corrected chi connectivity index (χ4v) is 0.0962. The van der Waals surface area contributed by atoms with Gasteiger partial charge in [0.2, 0.25) is 0 Å². The highest BCUT2D eigenvalue weighted by Crippen LogP contribution is 2.04. The van der Waals surface area contributed by atoms with Crippen molar-refractivity contribution in [3.63, 3.8) is 0 Å². The summed E-state index contributed by atoms with van der Waals surface area (Å²) in [6.07, 6.45) is -0.750. The minimum absolute atomic E-state index is 0.583. The molecular weight excluding hydrogens is 110 g/mol. The summed E-state index contributed by atoms with van der Waals surface area (Å²) in [5.41, 5.74) is 4.03. The Hall–Kier alpha value is -0.770. The molecule has 4 nitrogen and oxygen atoms in total. The molecule has 1 saturated heterocycles. The average Bonchev–Trinajstić information content (AvgIpc) is 2.19. The molecule has 0 aromatic carbocycles. The predicted molar refractivity (Wildman–Crippen MR) is 27.6 cm³/mol. The number of primary amides is 1. The molecule has 48 valence electrons. The topological polar surface area (TPSA) is 75.8 Å². The highest BCUT2D eigenvalue weighted by atomic mass is 16.6. The molecule has 1 aliphatic rings. The molecule has 0 aromatic heterocycles. The fraction of sp³-hybridized carbons (Fsp3) is 0.750. The Morgan fingerprint density at radius 2 is 2.12 bits per heavy atom. The zero-order valence-corrected chi connectivity index (χ0v) is 4.63. The summed E-state index contributed by atoms with van der Waals surface area (Å²) in [4.78, 5) is 8.78. The molecule has 1 heterocycles. The molecule has 1 fully saturated rings. The molecule has 8 heavy (non-hydrogen) atoms. The number of ether oxygens (including phenoxy) is 1. The maximum absolute atomic E-state index is 8.78. The van der Waals surface area contributed by atoms with Crippen LogP contribution in [-0.2, 0) is 4.74 Å². The Morgan fingerprint density at radius 3 is 2.12 bits per heavy atom. The summed E-state index contributed by atoms with van der Waals surface area (Å²) in [7, 11) is 0. The van der Waals surface area contributed by atoms with Crippen molar-refractivity contribution in [2.24, 2.45) is 5.73 Å². The molecule has 0 radical (unpaired) electrons. The quantitative estimate of drug-likeness (QED) is 0.441. The molecule has 1 aliphatic heterocycles. The number of carboxylic acid groups (broad SMARTS) is 1. The van der Waals surface area contributed by atoms with Crippen LogP contribution in [0.3, 0.4) is 0 Å². The molecule has 4 heteroatoms. The van der Waals surface area contributed by atoms with E-state index in [0.717, 1.165) is 6.61 Å². The number of hydrogen-bond donors (Lipinski definition) is 2. The van der Waals surface area contributed by atoms with Crippen molar-refractivity contribution < 1.29 is 14.6 Å². The zero-order chi connectivity index (χ0) is 6.57. The van der Waals surface area contributed by atoms with E-state index in [-0.39, 0.29) is 0 Å². The lowest BCUT2D eigenvalue weighted by atomic mass is 10.6. The number of hydrogen-bond acceptors (Lipinski definition) is 2. The average molecular weight is 119 g/mol. The molecule has 1 amide bonds. The predicted octanol–water partition coefficient (Wildman–Crippen LogP) is 0.0282. The Bertz CT molecular complexity index is 75.4. The van der Waals surface area contributed by atoms with Gasteiger partial charge in [-0.3, -0.25) is 0 Å². The van der Waals surface area contributed by atoms with Gasteiger partial charge in [-0.25, -0.2) is 4.79 Å². The summed E-state index contributed by atoms with van der Waals surface area (Å²) in [5, 5.41) is 7.19. The maximum Gasteiger partial charge on any atom is 0.402 e. The number of carbonyl (C=O) groups is 1. The van der Waals surface area contributed by atoms with Gasteiger partial charge in [0.05, 0.1) is 12.7 Å². The van der Waals surface area contributed by atoms with E-state index >= 15 is 0 Å². The number of epoxide rings is 1. The van der Waals surface area contributed by atoms with Crippen molar-refractivity contribution in [1.82, 2.24) is 0 Å². The molecule has 0 aromatic rings. The van der Waals surface area contributed by atoms with Crippen LogP contribution in [0.25, 0.3) is 0 Å². The molecule has 0 spiro atoms. The van der Waals surface area contributed by atoms with Gasteiger partial charge in [-0.15, -0.1) is 0 Å². The first-order valence-corrected chi connectivity index (χ1v) is 2.23. The van der Waals surface area contributed by atoms with Crippen molar-refractivity contribution in [3.05, 3.63) is 0 Å². The van der Waals surface area contributed by atoms with Gasteiger partial charge < -0.3 is 15.6 Å². The van der Waals surface area contributed by atoms with Gasteiger partial charge in [-0.1, -0.05) is 0 Å². The first-order chi connectivity index (χ1) is 3.63. The Balaban J connectivity index is 0.000000122. The van der Waals surface area contributed by atoms with Crippen molar-refractivity contribution in [1.29, 1.82) is 0 Å². The SMILES string of the molecule is CC1CO1.NC(=O)O. The van der Waals surface area contributed by atoms with Crippen LogP contribution < -0.4 is 5.73 Å². The first-order valence-electron chi connectivity index (χ1n) is 2.23. The summed E-state index contributed by atoms with van der Waals surface area (Å²) >= 11 is 0. The number of rotatable bonds is 0. The van der Waals surface area contributed by atoms with E-state index in [0.29, 0.717) is 6.10 Å². The highest BCUT2D eigenvalue weighted by Gasteiger charge is 2.13. The van der Waals surface area contributed by atoms with Gasteiger partial charge in [0.25, 0.3) is 0 Å².